The van der Waals surface area contributed by atoms with Crippen molar-refractivity contribution in [3.63, 3.8) is 0 Å². The maximum atomic E-state index is 5.80. The summed E-state index contributed by atoms with van der Waals surface area (Å²) in [7, 11) is 0. The van der Waals surface area contributed by atoms with Crippen LogP contribution in [-0.2, 0) is 4.74 Å². The van der Waals surface area contributed by atoms with Crippen LogP contribution in [0.1, 0.15) is 12.8 Å². The highest BCUT2D eigenvalue weighted by Gasteiger charge is 2.33. The second kappa shape index (κ2) is 3.93. The molecule has 0 aliphatic heterocycles. The van der Waals surface area contributed by atoms with Crippen LogP contribution in [0.5, 0.6) is 0 Å². The normalized spacial score (nSPS) is 42.9. The molecule has 0 aromatic heterocycles. The van der Waals surface area contributed by atoms with Gasteiger partial charge in [-0.3, -0.25) is 0 Å². The number of halogens is 2. The molecular weight excluding hydrogens is 207 g/mol. The van der Waals surface area contributed by atoms with E-state index in [-0.39, 0.29) is 0 Å². The van der Waals surface area contributed by atoms with Gasteiger partial charge in [0, 0.05) is 10.8 Å². The molecule has 0 radical (unpaired) electrons. The molecule has 0 N–H and O–H groups in total. The first kappa shape index (κ1) is 9.42. The van der Waals surface area contributed by atoms with Gasteiger partial charge in [0.15, 0.2) is 0 Å². The van der Waals surface area contributed by atoms with Gasteiger partial charge in [0.1, 0.15) is 0 Å². The molecule has 2 aliphatic rings. The molecule has 2 aliphatic carbocycles. The Labute approximate surface area is 88.4 Å². The zero-order valence-corrected chi connectivity index (χ0v) is 8.71. The maximum absolute atomic E-state index is 5.80. The molecule has 1 nitrogen and oxygen atoms in total. The lowest BCUT2D eigenvalue weighted by Gasteiger charge is -1.88. The van der Waals surface area contributed by atoms with Crippen LogP contribution in [0.3, 0.4) is 0 Å². The second-order valence-corrected chi connectivity index (χ2v) is 4.75. The first-order valence-corrected chi connectivity index (χ1v) is 5.41. The molecule has 0 amide bonds. The standard InChI is InChI=1S/C10H12Cl2O/c11-9-5-7(9)1-3-13-4-2-8-6-10(8)12/h1-4,7-10H,5-6H2. The number of alkyl halides is 2. The quantitative estimate of drug-likeness (QED) is 0.520. The molecule has 0 bridgehead atoms. The maximum Gasteiger partial charge on any atom is 0.0864 e. The van der Waals surface area contributed by atoms with Crippen LogP contribution in [0, 0.1) is 11.8 Å². The fraction of sp³-hybridized carbons (Fsp3) is 0.600. The van der Waals surface area contributed by atoms with Crippen LogP contribution in [0.15, 0.2) is 24.7 Å². The van der Waals surface area contributed by atoms with Crippen molar-refractivity contribution < 1.29 is 4.74 Å². The summed E-state index contributed by atoms with van der Waals surface area (Å²) in [6.45, 7) is 0. The number of allylic oxidation sites excluding steroid dienone is 2. The van der Waals surface area contributed by atoms with Gasteiger partial charge in [-0.1, -0.05) is 0 Å². The third kappa shape index (κ3) is 2.92. The van der Waals surface area contributed by atoms with Gasteiger partial charge >= 0.3 is 0 Å². The topological polar surface area (TPSA) is 9.23 Å². The molecule has 2 saturated carbocycles. The Bertz CT molecular complexity index is 213. The highest BCUT2D eigenvalue weighted by molar-refractivity contribution is 6.23. The zero-order chi connectivity index (χ0) is 9.26. The highest BCUT2D eigenvalue weighted by Crippen LogP contribution is 2.37. The fourth-order valence-electron chi connectivity index (χ4n) is 1.10. The Morgan fingerprint density at radius 2 is 1.31 bits per heavy atom. The van der Waals surface area contributed by atoms with E-state index in [4.69, 9.17) is 27.9 Å². The third-order valence-electron chi connectivity index (χ3n) is 2.33. The molecule has 0 spiro atoms. The lowest BCUT2D eigenvalue weighted by molar-refractivity contribution is 0.398. The summed E-state index contributed by atoms with van der Waals surface area (Å²) in [6, 6.07) is 0. The van der Waals surface area contributed by atoms with Crippen LogP contribution in [0.4, 0.5) is 0 Å². The van der Waals surface area contributed by atoms with E-state index in [9.17, 15) is 0 Å². The molecule has 0 heterocycles. The molecule has 4 atom stereocenters. The van der Waals surface area contributed by atoms with E-state index in [1.165, 1.54) is 0 Å². The van der Waals surface area contributed by atoms with Crippen molar-refractivity contribution in [2.45, 2.75) is 23.6 Å². The predicted octanol–water partition coefficient (Wildman–Crippen LogP) is 3.29. The molecule has 3 heteroatoms. The number of hydrogen-bond donors (Lipinski definition) is 0. The van der Waals surface area contributed by atoms with E-state index < -0.39 is 0 Å². The minimum absolute atomic E-state index is 0.333. The summed E-state index contributed by atoms with van der Waals surface area (Å²) in [6.07, 6.45) is 9.58. The summed E-state index contributed by atoms with van der Waals surface area (Å²) in [5.74, 6) is 1.05. The van der Waals surface area contributed by atoms with Crippen LogP contribution in [-0.4, -0.2) is 10.8 Å². The van der Waals surface area contributed by atoms with Crippen molar-refractivity contribution in [1.82, 2.24) is 0 Å². The van der Waals surface area contributed by atoms with E-state index in [2.05, 4.69) is 0 Å². The Hall–Kier alpha value is -0.140. The molecule has 72 valence electrons. The molecule has 2 rings (SSSR count). The van der Waals surface area contributed by atoms with Crippen molar-refractivity contribution >= 4 is 23.2 Å². The van der Waals surface area contributed by atoms with E-state index in [1.807, 2.05) is 12.2 Å². The van der Waals surface area contributed by atoms with Crippen LogP contribution >= 0.6 is 23.2 Å². The van der Waals surface area contributed by atoms with Gasteiger partial charge < -0.3 is 4.74 Å². The molecule has 0 aromatic carbocycles. The SMILES string of the molecule is ClC1CC1C=COC=CC1CC1Cl. The smallest absolute Gasteiger partial charge is 0.0864 e. The summed E-state index contributed by atoms with van der Waals surface area (Å²) in [5.41, 5.74) is 0. The molecule has 2 fully saturated rings. The van der Waals surface area contributed by atoms with Crippen LogP contribution in [0.2, 0.25) is 0 Å². The van der Waals surface area contributed by atoms with Gasteiger partial charge in [-0.25, -0.2) is 0 Å². The van der Waals surface area contributed by atoms with Crippen molar-refractivity contribution in [3.8, 4) is 0 Å². The molecule has 13 heavy (non-hydrogen) atoms. The second-order valence-electron chi connectivity index (χ2n) is 3.62. The van der Waals surface area contributed by atoms with Gasteiger partial charge in [0.25, 0.3) is 0 Å². The van der Waals surface area contributed by atoms with Gasteiger partial charge in [-0.2, -0.15) is 0 Å². The lowest BCUT2D eigenvalue weighted by atomic mass is 10.4. The van der Waals surface area contributed by atoms with E-state index in [1.54, 1.807) is 12.5 Å². The van der Waals surface area contributed by atoms with Crippen molar-refractivity contribution in [2.24, 2.45) is 11.8 Å². The van der Waals surface area contributed by atoms with Crippen molar-refractivity contribution in [2.75, 3.05) is 0 Å². The van der Waals surface area contributed by atoms with E-state index in [0.717, 1.165) is 12.8 Å². The molecule has 0 aromatic rings. The molecule has 4 unspecified atom stereocenters. The van der Waals surface area contributed by atoms with Crippen molar-refractivity contribution in [1.29, 1.82) is 0 Å². The first-order valence-electron chi connectivity index (χ1n) is 4.54. The monoisotopic (exact) mass is 218 g/mol. The predicted molar refractivity (Wildman–Crippen MR) is 54.9 cm³/mol. The summed E-state index contributed by atoms with van der Waals surface area (Å²) in [4.78, 5) is 0. The van der Waals surface area contributed by atoms with Crippen molar-refractivity contribution in [3.05, 3.63) is 24.7 Å². The Balaban J connectivity index is 1.58. The Morgan fingerprint density at radius 1 is 0.923 bits per heavy atom. The van der Waals surface area contributed by atoms with Crippen LogP contribution in [0.25, 0.3) is 0 Å². The summed E-state index contributed by atoms with van der Waals surface area (Å²) < 4.78 is 5.15. The number of ether oxygens (including phenoxy) is 1. The van der Waals surface area contributed by atoms with Gasteiger partial charge in [0.05, 0.1) is 12.5 Å². The summed E-state index contributed by atoms with van der Waals surface area (Å²) >= 11 is 11.6. The molecule has 0 saturated heterocycles. The number of hydrogen-bond acceptors (Lipinski definition) is 1. The zero-order valence-electron chi connectivity index (χ0n) is 7.20. The van der Waals surface area contributed by atoms with Gasteiger partial charge in [-0.15, -0.1) is 23.2 Å². The first-order chi connectivity index (χ1) is 6.27. The van der Waals surface area contributed by atoms with E-state index >= 15 is 0 Å². The Kier molecular flexibility index (Phi) is 2.85. The highest BCUT2D eigenvalue weighted by atomic mass is 35.5. The average molecular weight is 219 g/mol. The number of rotatable bonds is 4. The summed E-state index contributed by atoms with van der Waals surface area (Å²) in [5, 5.41) is 0.666. The fourth-order valence-corrected chi connectivity index (χ4v) is 1.68. The van der Waals surface area contributed by atoms with Gasteiger partial charge in [0.2, 0.25) is 0 Å². The Morgan fingerprint density at radius 3 is 1.62 bits per heavy atom. The third-order valence-corrected chi connectivity index (χ3v) is 3.33. The van der Waals surface area contributed by atoms with Gasteiger partial charge in [-0.05, 0) is 36.8 Å². The van der Waals surface area contributed by atoms with E-state index in [0.29, 0.717) is 22.6 Å². The molecular formula is C10H12Cl2O. The minimum atomic E-state index is 0.333. The van der Waals surface area contributed by atoms with Crippen LogP contribution < -0.4 is 0 Å². The lowest BCUT2D eigenvalue weighted by Crippen LogP contribution is -1.74. The largest absolute Gasteiger partial charge is 0.473 e. The average Bonchev–Trinajstić information content (AvgIpc) is 2.95. The minimum Gasteiger partial charge on any atom is -0.473 e.